The molecule has 134 valence electrons. The van der Waals surface area contributed by atoms with Crippen molar-refractivity contribution in [1.82, 2.24) is 24.5 Å². The van der Waals surface area contributed by atoms with Crippen LogP contribution in [0.5, 0.6) is 0 Å². The van der Waals surface area contributed by atoms with Crippen LogP contribution in [0.15, 0.2) is 42.9 Å². The molecule has 0 N–H and O–H groups in total. The SMILES string of the molecule is Cc1ccccc1-n1ncc(C(=O)N2CCC[C@H]2c2cnn(C)c2)c1C. The van der Waals surface area contributed by atoms with E-state index in [9.17, 15) is 4.79 Å². The molecule has 26 heavy (non-hydrogen) atoms. The summed E-state index contributed by atoms with van der Waals surface area (Å²) in [4.78, 5) is 15.2. The minimum absolute atomic E-state index is 0.0497. The number of likely N-dealkylation sites (tertiary alicyclic amines) is 1. The summed E-state index contributed by atoms with van der Waals surface area (Å²) < 4.78 is 3.65. The molecular formula is C20H23N5O. The van der Waals surface area contributed by atoms with Gasteiger partial charge in [0.05, 0.1) is 35.4 Å². The molecule has 1 atom stereocenters. The third-order valence-corrected chi connectivity index (χ3v) is 5.21. The highest BCUT2D eigenvalue weighted by molar-refractivity contribution is 5.95. The molecule has 1 aliphatic heterocycles. The van der Waals surface area contributed by atoms with E-state index in [1.54, 1.807) is 10.9 Å². The van der Waals surface area contributed by atoms with E-state index in [0.717, 1.165) is 41.9 Å². The van der Waals surface area contributed by atoms with Gasteiger partial charge in [0, 0.05) is 25.4 Å². The van der Waals surface area contributed by atoms with E-state index in [0.29, 0.717) is 5.56 Å². The fourth-order valence-electron chi connectivity index (χ4n) is 3.79. The Morgan fingerprint density at radius 3 is 2.69 bits per heavy atom. The number of carbonyl (C=O) groups is 1. The lowest BCUT2D eigenvalue weighted by Gasteiger charge is -2.23. The molecule has 2 aromatic heterocycles. The maximum absolute atomic E-state index is 13.2. The summed E-state index contributed by atoms with van der Waals surface area (Å²) in [6.45, 7) is 4.78. The second kappa shape index (κ2) is 6.44. The third-order valence-electron chi connectivity index (χ3n) is 5.21. The quantitative estimate of drug-likeness (QED) is 0.730. The largest absolute Gasteiger partial charge is 0.331 e. The standard InChI is InChI=1S/C20H23N5O/c1-14-7-4-5-8-18(14)25-15(2)17(12-22-25)20(26)24-10-6-9-19(24)16-11-21-23(3)13-16/h4-5,7-8,11-13,19H,6,9-10H2,1-3H3/t19-/m0/s1. The van der Waals surface area contributed by atoms with Crippen LogP contribution in [0.1, 0.15) is 46.1 Å². The number of amides is 1. The summed E-state index contributed by atoms with van der Waals surface area (Å²) in [7, 11) is 1.90. The van der Waals surface area contributed by atoms with Gasteiger partial charge in [0.25, 0.3) is 5.91 Å². The van der Waals surface area contributed by atoms with Crippen LogP contribution >= 0.6 is 0 Å². The molecule has 1 amide bonds. The number of carbonyl (C=O) groups excluding carboxylic acids is 1. The van der Waals surface area contributed by atoms with E-state index >= 15 is 0 Å². The summed E-state index contributed by atoms with van der Waals surface area (Å²) in [6.07, 6.45) is 7.54. The molecule has 1 aliphatic rings. The zero-order valence-corrected chi connectivity index (χ0v) is 15.4. The van der Waals surface area contributed by atoms with Crippen molar-refractivity contribution in [2.45, 2.75) is 32.7 Å². The highest BCUT2D eigenvalue weighted by Gasteiger charge is 2.33. The van der Waals surface area contributed by atoms with Crippen molar-refractivity contribution in [2.24, 2.45) is 7.05 Å². The Hall–Kier alpha value is -2.89. The maximum atomic E-state index is 13.2. The lowest BCUT2D eigenvalue weighted by Crippen LogP contribution is -2.30. The monoisotopic (exact) mass is 349 g/mol. The van der Waals surface area contributed by atoms with Gasteiger partial charge in [-0.2, -0.15) is 10.2 Å². The molecule has 4 rings (SSSR count). The van der Waals surface area contributed by atoms with Crippen molar-refractivity contribution in [3.8, 4) is 5.69 Å². The topological polar surface area (TPSA) is 56.0 Å². The van der Waals surface area contributed by atoms with Gasteiger partial charge in [-0.15, -0.1) is 0 Å². The Labute approximate surface area is 153 Å². The molecule has 1 saturated heterocycles. The molecule has 0 bridgehead atoms. The van der Waals surface area contributed by atoms with Crippen LogP contribution in [-0.2, 0) is 7.05 Å². The lowest BCUT2D eigenvalue weighted by atomic mass is 10.1. The van der Waals surface area contributed by atoms with Gasteiger partial charge < -0.3 is 4.90 Å². The number of aryl methyl sites for hydroxylation is 2. The minimum Gasteiger partial charge on any atom is -0.331 e. The molecule has 6 nitrogen and oxygen atoms in total. The van der Waals surface area contributed by atoms with Crippen molar-refractivity contribution in [2.75, 3.05) is 6.54 Å². The summed E-state index contributed by atoms with van der Waals surface area (Å²) in [5.41, 5.74) is 4.79. The molecule has 1 fully saturated rings. The predicted octanol–water partition coefficient (Wildman–Crippen LogP) is 3.20. The summed E-state index contributed by atoms with van der Waals surface area (Å²) in [5, 5.41) is 8.75. The molecule has 0 saturated carbocycles. The van der Waals surface area contributed by atoms with Crippen LogP contribution in [0.3, 0.4) is 0 Å². The van der Waals surface area contributed by atoms with Gasteiger partial charge in [-0.25, -0.2) is 4.68 Å². The summed E-state index contributed by atoms with van der Waals surface area (Å²) in [5.74, 6) is 0.0497. The number of rotatable bonds is 3. The lowest BCUT2D eigenvalue weighted by molar-refractivity contribution is 0.0735. The average Bonchev–Trinajstić information content (AvgIpc) is 3.34. The molecule has 3 heterocycles. The van der Waals surface area contributed by atoms with E-state index in [4.69, 9.17) is 0 Å². The van der Waals surface area contributed by atoms with Crippen LogP contribution in [0.25, 0.3) is 5.69 Å². The van der Waals surface area contributed by atoms with Gasteiger partial charge in [0.15, 0.2) is 0 Å². The zero-order valence-electron chi connectivity index (χ0n) is 15.4. The van der Waals surface area contributed by atoms with E-state index in [2.05, 4.69) is 23.2 Å². The Balaban J connectivity index is 1.66. The van der Waals surface area contributed by atoms with E-state index < -0.39 is 0 Å². The van der Waals surface area contributed by atoms with Crippen LogP contribution in [-0.4, -0.2) is 36.9 Å². The van der Waals surface area contributed by atoms with E-state index in [-0.39, 0.29) is 11.9 Å². The number of para-hydroxylation sites is 1. The van der Waals surface area contributed by atoms with Gasteiger partial charge in [-0.3, -0.25) is 9.48 Å². The normalized spacial score (nSPS) is 17.0. The second-order valence-electron chi connectivity index (χ2n) is 6.95. The maximum Gasteiger partial charge on any atom is 0.257 e. The fraction of sp³-hybridized carbons (Fsp3) is 0.350. The first-order valence-electron chi connectivity index (χ1n) is 8.96. The Morgan fingerprint density at radius 2 is 1.96 bits per heavy atom. The van der Waals surface area contributed by atoms with Gasteiger partial charge in [-0.05, 0) is 38.3 Å². The second-order valence-corrected chi connectivity index (χ2v) is 6.95. The fourth-order valence-corrected chi connectivity index (χ4v) is 3.79. The number of hydrogen-bond acceptors (Lipinski definition) is 3. The van der Waals surface area contributed by atoms with Crippen LogP contribution < -0.4 is 0 Å². The first kappa shape index (κ1) is 16.6. The van der Waals surface area contributed by atoms with Gasteiger partial charge >= 0.3 is 0 Å². The molecule has 0 aliphatic carbocycles. The van der Waals surface area contributed by atoms with Crippen molar-refractivity contribution >= 4 is 5.91 Å². The highest BCUT2D eigenvalue weighted by atomic mass is 16.2. The number of aromatic nitrogens is 4. The van der Waals surface area contributed by atoms with Gasteiger partial charge in [0.1, 0.15) is 0 Å². The average molecular weight is 349 g/mol. The Bertz CT molecular complexity index is 955. The van der Waals surface area contributed by atoms with Crippen LogP contribution in [0.2, 0.25) is 0 Å². The molecular weight excluding hydrogens is 326 g/mol. The minimum atomic E-state index is 0.0497. The van der Waals surface area contributed by atoms with Gasteiger partial charge in [0.2, 0.25) is 0 Å². The predicted molar refractivity (Wildman–Crippen MR) is 99.3 cm³/mol. The Morgan fingerprint density at radius 1 is 1.15 bits per heavy atom. The van der Waals surface area contributed by atoms with E-state index in [1.165, 1.54) is 0 Å². The van der Waals surface area contributed by atoms with Crippen molar-refractivity contribution in [3.63, 3.8) is 0 Å². The third kappa shape index (κ3) is 2.71. The zero-order chi connectivity index (χ0) is 18.3. The van der Waals surface area contributed by atoms with Crippen molar-refractivity contribution in [3.05, 3.63) is 65.2 Å². The molecule has 3 aromatic rings. The number of benzene rings is 1. The van der Waals surface area contributed by atoms with E-state index in [1.807, 2.05) is 54.1 Å². The summed E-state index contributed by atoms with van der Waals surface area (Å²) >= 11 is 0. The number of hydrogen-bond donors (Lipinski definition) is 0. The van der Waals surface area contributed by atoms with Crippen molar-refractivity contribution in [1.29, 1.82) is 0 Å². The van der Waals surface area contributed by atoms with Gasteiger partial charge in [-0.1, -0.05) is 18.2 Å². The molecule has 0 unspecified atom stereocenters. The van der Waals surface area contributed by atoms with Crippen molar-refractivity contribution < 1.29 is 4.79 Å². The molecule has 0 radical (unpaired) electrons. The first-order chi connectivity index (χ1) is 12.6. The molecule has 6 heteroatoms. The smallest absolute Gasteiger partial charge is 0.257 e. The van der Waals surface area contributed by atoms with Crippen LogP contribution in [0, 0.1) is 13.8 Å². The molecule has 1 aromatic carbocycles. The Kier molecular flexibility index (Phi) is 4.11. The van der Waals surface area contributed by atoms with Crippen LogP contribution in [0.4, 0.5) is 0 Å². The summed E-state index contributed by atoms with van der Waals surface area (Å²) in [6, 6.07) is 8.17. The highest BCUT2D eigenvalue weighted by Crippen LogP contribution is 2.33. The number of nitrogens with zero attached hydrogens (tertiary/aromatic N) is 5. The first-order valence-corrected chi connectivity index (χ1v) is 8.96. The molecule has 0 spiro atoms.